The third-order valence-electron chi connectivity index (χ3n) is 2.66. The molecule has 3 heterocycles. The van der Waals surface area contributed by atoms with Gasteiger partial charge in [0, 0.05) is 36.4 Å². The van der Waals surface area contributed by atoms with Crippen molar-refractivity contribution in [3.05, 3.63) is 54.7 Å². The highest BCUT2D eigenvalue weighted by atomic mass is 19.4. The van der Waals surface area contributed by atoms with E-state index in [2.05, 4.69) is 20.1 Å². The fraction of sp³-hybridized carbons (Fsp3) is 0.0769. The number of halogens is 3. The maximum atomic E-state index is 13.0. The SMILES string of the molecule is FC(F)(F)c1cc(-n2cccn2)nc(-c2cccnc2)n1. The lowest BCUT2D eigenvalue weighted by Crippen LogP contribution is -2.12. The van der Waals surface area contributed by atoms with E-state index in [0.717, 1.165) is 6.07 Å². The van der Waals surface area contributed by atoms with Crippen molar-refractivity contribution in [2.45, 2.75) is 6.18 Å². The third-order valence-corrected chi connectivity index (χ3v) is 2.66. The molecule has 0 saturated carbocycles. The van der Waals surface area contributed by atoms with E-state index in [1.54, 1.807) is 18.2 Å². The molecular formula is C13H8F3N5. The quantitative estimate of drug-likeness (QED) is 0.728. The Balaban J connectivity index is 2.19. The molecule has 0 aliphatic rings. The van der Waals surface area contributed by atoms with E-state index in [9.17, 15) is 13.2 Å². The van der Waals surface area contributed by atoms with Crippen molar-refractivity contribution < 1.29 is 13.2 Å². The Morgan fingerprint density at radius 3 is 2.52 bits per heavy atom. The Kier molecular flexibility index (Phi) is 3.13. The van der Waals surface area contributed by atoms with Crippen molar-refractivity contribution in [2.75, 3.05) is 0 Å². The first kappa shape index (κ1) is 13.2. The second-order valence-corrected chi connectivity index (χ2v) is 4.13. The highest BCUT2D eigenvalue weighted by Crippen LogP contribution is 2.30. The maximum absolute atomic E-state index is 13.0. The summed E-state index contributed by atoms with van der Waals surface area (Å²) in [5, 5.41) is 3.89. The largest absolute Gasteiger partial charge is 0.433 e. The molecule has 0 bridgehead atoms. The van der Waals surface area contributed by atoms with Crippen LogP contribution in [0.4, 0.5) is 13.2 Å². The second-order valence-electron chi connectivity index (χ2n) is 4.13. The Labute approximate surface area is 117 Å². The van der Waals surface area contributed by atoms with Gasteiger partial charge in [0.1, 0.15) is 0 Å². The van der Waals surface area contributed by atoms with E-state index in [4.69, 9.17) is 0 Å². The predicted octanol–water partition coefficient (Wildman–Crippen LogP) is 2.74. The molecule has 106 valence electrons. The lowest BCUT2D eigenvalue weighted by molar-refractivity contribution is -0.141. The standard InChI is InChI=1S/C13H8F3N5/c14-13(15,16)10-7-11(21-6-2-5-18-21)20-12(19-10)9-3-1-4-17-8-9/h1-8H. The van der Waals surface area contributed by atoms with Crippen LogP contribution in [0.2, 0.25) is 0 Å². The summed E-state index contributed by atoms with van der Waals surface area (Å²) in [5.41, 5.74) is -0.626. The number of hydrogen-bond donors (Lipinski definition) is 0. The summed E-state index contributed by atoms with van der Waals surface area (Å²) in [5.74, 6) is -0.00963. The average molecular weight is 291 g/mol. The summed E-state index contributed by atoms with van der Waals surface area (Å²) >= 11 is 0. The van der Waals surface area contributed by atoms with Gasteiger partial charge in [-0.25, -0.2) is 14.6 Å². The molecule has 0 fully saturated rings. The summed E-state index contributed by atoms with van der Waals surface area (Å²) in [7, 11) is 0. The Morgan fingerprint density at radius 1 is 1.05 bits per heavy atom. The van der Waals surface area contributed by atoms with Gasteiger partial charge in [0.25, 0.3) is 0 Å². The number of rotatable bonds is 2. The lowest BCUT2D eigenvalue weighted by atomic mass is 10.2. The van der Waals surface area contributed by atoms with Gasteiger partial charge >= 0.3 is 6.18 Å². The molecule has 21 heavy (non-hydrogen) atoms. The number of nitrogens with zero attached hydrogens (tertiary/aromatic N) is 5. The predicted molar refractivity (Wildman–Crippen MR) is 67.4 cm³/mol. The minimum absolute atomic E-state index is 0.0428. The number of aromatic nitrogens is 5. The van der Waals surface area contributed by atoms with Gasteiger partial charge in [-0.05, 0) is 18.2 Å². The molecule has 0 aromatic carbocycles. The summed E-state index contributed by atoms with van der Waals surface area (Å²) in [6.07, 6.45) is 1.32. The van der Waals surface area contributed by atoms with E-state index >= 15 is 0 Å². The first-order chi connectivity index (χ1) is 10.0. The highest BCUT2D eigenvalue weighted by Gasteiger charge is 2.34. The van der Waals surface area contributed by atoms with E-state index in [1.165, 1.54) is 29.5 Å². The van der Waals surface area contributed by atoms with Crippen molar-refractivity contribution in [3.63, 3.8) is 0 Å². The Bertz CT molecular complexity index is 738. The van der Waals surface area contributed by atoms with Crippen molar-refractivity contribution in [3.8, 4) is 17.2 Å². The zero-order chi connectivity index (χ0) is 14.9. The highest BCUT2D eigenvalue weighted by molar-refractivity contribution is 5.54. The van der Waals surface area contributed by atoms with Crippen molar-refractivity contribution in [1.82, 2.24) is 24.7 Å². The summed E-state index contributed by atoms with van der Waals surface area (Å²) < 4.78 is 40.2. The third kappa shape index (κ3) is 2.73. The first-order valence-electron chi connectivity index (χ1n) is 5.91. The Morgan fingerprint density at radius 2 is 1.90 bits per heavy atom. The van der Waals surface area contributed by atoms with Gasteiger partial charge in [-0.2, -0.15) is 18.3 Å². The van der Waals surface area contributed by atoms with Gasteiger partial charge in [0.05, 0.1) is 0 Å². The zero-order valence-corrected chi connectivity index (χ0v) is 10.5. The number of alkyl halides is 3. The molecule has 3 aromatic rings. The van der Waals surface area contributed by atoms with Gasteiger partial charge in [0.2, 0.25) is 0 Å². The molecule has 0 aliphatic heterocycles. The van der Waals surface area contributed by atoms with Crippen LogP contribution in [0.5, 0.6) is 0 Å². The summed E-state index contributed by atoms with van der Waals surface area (Å²) in [4.78, 5) is 11.5. The van der Waals surface area contributed by atoms with Crippen molar-refractivity contribution >= 4 is 0 Å². The first-order valence-corrected chi connectivity index (χ1v) is 5.91. The van der Waals surface area contributed by atoms with Gasteiger partial charge in [0.15, 0.2) is 17.3 Å². The van der Waals surface area contributed by atoms with Crippen LogP contribution in [0.25, 0.3) is 17.2 Å². The molecule has 0 unspecified atom stereocenters. The average Bonchev–Trinajstić information content (AvgIpc) is 3.01. The van der Waals surface area contributed by atoms with Crippen LogP contribution < -0.4 is 0 Å². The van der Waals surface area contributed by atoms with Gasteiger partial charge < -0.3 is 0 Å². The van der Waals surface area contributed by atoms with E-state index < -0.39 is 11.9 Å². The van der Waals surface area contributed by atoms with Gasteiger partial charge in [-0.1, -0.05) is 0 Å². The van der Waals surface area contributed by atoms with Crippen LogP contribution in [0, 0.1) is 0 Å². The molecule has 0 N–H and O–H groups in total. The van der Waals surface area contributed by atoms with Crippen molar-refractivity contribution in [1.29, 1.82) is 0 Å². The van der Waals surface area contributed by atoms with Crippen LogP contribution in [0.15, 0.2) is 49.1 Å². The molecule has 0 amide bonds. The maximum Gasteiger partial charge on any atom is 0.433 e. The molecule has 0 atom stereocenters. The Hall–Kier alpha value is -2.77. The van der Waals surface area contributed by atoms with Crippen LogP contribution >= 0.6 is 0 Å². The second kappa shape index (κ2) is 4.97. The number of pyridine rings is 1. The molecular weight excluding hydrogens is 283 g/mol. The lowest BCUT2D eigenvalue weighted by Gasteiger charge is -2.10. The molecule has 5 nitrogen and oxygen atoms in total. The van der Waals surface area contributed by atoms with Gasteiger partial charge in [-0.15, -0.1) is 0 Å². The minimum Gasteiger partial charge on any atom is -0.264 e. The van der Waals surface area contributed by atoms with Crippen LogP contribution in [-0.2, 0) is 6.18 Å². The van der Waals surface area contributed by atoms with E-state index in [1.807, 2.05) is 0 Å². The van der Waals surface area contributed by atoms with Gasteiger partial charge in [-0.3, -0.25) is 4.98 Å². The van der Waals surface area contributed by atoms with Crippen LogP contribution in [-0.4, -0.2) is 24.7 Å². The molecule has 0 spiro atoms. The normalized spacial score (nSPS) is 11.6. The molecule has 3 aromatic heterocycles. The van der Waals surface area contributed by atoms with E-state index in [-0.39, 0.29) is 11.6 Å². The topological polar surface area (TPSA) is 56.5 Å². The summed E-state index contributed by atoms with van der Waals surface area (Å²) in [6, 6.07) is 5.65. The molecule has 0 aliphatic carbocycles. The fourth-order valence-electron chi connectivity index (χ4n) is 1.73. The molecule has 8 heteroatoms. The molecule has 3 rings (SSSR count). The summed E-state index contributed by atoms with van der Waals surface area (Å²) in [6.45, 7) is 0. The molecule has 0 radical (unpaired) electrons. The smallest absolute Gasteiger partial charge is 0.264 e. The van der Waals surface area contributed by atoms with Crippen molar-refractivity contribution in [2.24, 2.45) is 0 Å². The fourth-order valence-corrected chi connectivity index (χ4v) is 1.73. The van der Waals surface area contributed by atoms with Crippen LogP contribution in [0.3, 0.4) is 0 Å². The monoisotopic (exact) mass is 291 g/mol. The molecule has 0 saturated heterocycles. The zero-order valence-electron chi connectivity index (χ0n) is 10.5. The minimum atomic E-state index is -4.57. The van der Waals surface area contributed by atoms with Crippen LogP contribution in [0.1, 0.15) is 5.69 Å². The number of hydrogen-bond acceptors (Lipinski definition) is 4. The van der Waals surface area contributed by atoms with E-state index in [0.29, 0.717) is 5.56 Å².